The molecule has 2 aromatic rings. The third-order valence-electron chi connectivity index (χ3n) is 3.83. The van der Waals surface area contributed by atoms with E-state index in [-0.39, 0.29) is 17.5 Å². The first-order valence-electron chi connectivity index (χ1n) is 6.75. The van der Waals surface area contributed by atoms with E-state index in [2.05, 4.69) is 10.2 Å². The Labute approximate surface area is 116 Å². The van der Waals surface area contributed by atoms with Crippen LogP contribution in [-0.4, -0.2) is 27.0 Å². The number of nitrogens with one attached hydrogen (secondary N) is 1. The van der Waals surface area contributed by atoms with Crippen molar-refractivity contribution in [2.24, 2.45) is 0 Å². The van der Waals surface area contributed by atoms with Crippen LogP contribution in [0.5, 0.6) is 11.5 Å². The Hall–Kier alpha value is -2.24. The third-order valence-corrected chi connectivity index (χ3v) is 3.83. The molecule has 1 heterocycles. The molecule has 3 rings (SSSR count). The zero-order chi connectivity index (χ0) is 14.1. The van der Waals surface area contributed by atoms with E-state index in [1.165, 1.54) is 7.11 Å². The number of hydrogen-bond acceptors (Lipinski definition) is 4. The standard InChI is InChI=1S/C14H17N3O3/c1-20-12-8-9(6-7-11(12)18)13-15-16-14(19)17(13)10-4-2-3-5-10/h6-8,10,18H,2-5H2,1H3,(H,16,19). The quantitative estimate of drug-likeness (QED) is 0.898. The normalized spacial score (nSPS) is 15.7. The average Bonchev–Trinajstić information content (AvgIpc) is 3.08. The summed E-state index contributed by atoms with van der Waals surface area (Å²) in [5.74, 6) is 1.04. The second kappa shape index (κ2) is 5.03. The maximum absolute atomic E-state index is 12.0. The summed E-state index contributed by atoms with van der Waals surface area (Å²) in [5, 5.41) is 16.3. The van der Waals surface area contributed by atoms with E-state index in [0.717, 1.165) is 31.2 Å². The van der Waals surface area contributed by atoms with Crippen molar-refractivity contribution in [3.8, 4) is 22.9 Å². The van der Waals surface area contributed by atoms with E-state index in [4.69, 9.17) is 4.74 Å². The molecule has 20 heavy (non-hydrogen) atoms. The molecule has 0 amide bonds. The number of ether oxygens (including phenoxy) is 1. The van der Waals surface area contributed by atoms with E-state index >= 15 is 0 Å². The van der Waals surface area contributed by atoms with Gasteiger partial charge in [0.2, 0.25) is 0 Å². The lowest BCUT2D eigenvalue weighted by molar-refractivity contribution is 0.373. The van der Waals surface area contributed by atoms with E-state index in [9.17, 15) is 9.90 Å². The lowest BCUT2D eigenvalue weighted by Gasteiger charge is -2.13. The maximum Gasteiger partial charge on any atom is 0.343 e. The lowest BCUT2D eigenvalue weighted by atomic mass is 10.1. The van der Waals surface area contributed by atoms with Gasteiger partial charge in [-0.2, -0.15) is 5.10 Å². The molecule has 0 saturated heterocycles. The highest BCUT2D eigenvalue weighted by molar-refractivity contribution is 5.61. The number of methoxy groups -OCH3 is 1. The fourth-order valence-corrected chi connectivity index (χ4v) is 2.83. The molecule has 0 radical (unpaired) electrons. The van der Waals surface area contributed by atoms with Crippen molar-refractivity contribution < 1.29 is 9.84 Å². The minimum Gasteiger partial charge on any atom is -0.504 e. The zero-order valence-corrected chi connectivity index (χ0v) is 11.3. The first-order valence-corrected chi connectivity index (χ1v) is 6.75. The number of H-pyrrole nitrogens is 1. The van der Waals surface area contributed by atoms with Crippen molar-refractivity contribution in [3.63, 3.8) is 0 Å². The molecule has 1 aromatic heterocycles. The Balaban J connectivity index is 2.08. The Morgan fingerprint density at radius 1 is 1.40 bits per heavy atom. The van der Waals surface area contributed by atoms with Crippen LogP contribution in [0.1, 0.15) is 31.7 Å². The molecule has 1 aliphatic carbocycles. The van der Waals surface area contributed by atoms with E-state index < -0.39 is 0 Å². The van der Waals surface area contributed by atoms with Crippen molar-refractivity contribution >= 4 is 0 Å². The van der Waals surface area contributed by atoms with Crippen molar-refractivity contribution in [2.45, 2.75) is 31.7 Å². The monoisotopic (exact) mass is 275 g/mol. The topological polar surface area (TPSA) is 80.1 Å². The number of rotatable bonds is 3. The maximum atomic E-state index is 12.0. The Kier molecular flexibility index (Phi) is 3.22. The van der Waals surface area contributed by atoms with Gasteiger partial charge in [0.05, 0.1) is 7.11 Å². The highest BCUT2D eigenvalue weighted by Gasteiger charge is 2.23. The summed E-state index contributed by atoms with van der Waals surface area (Å²) >= 11 is 0. The Bertz CT molecular complexity index is 669. The van der Waals surface area contributed by atoms with Gasteiger partial charge in [-0.05, 0) is 31.0 Å². The van der Waals surface area contributed by atoms with Gasteiger partial charge in [-0.15, -0.1) is 0 Å². The molecule has 1 aromatic carbocycles. The highest BCUT2D eigenvalue weighted by atomic mass is 16.5. The fourth-order valence-electron chi connectivity index (χ4n) is 2.83. The van der Waals surface area contributed by atoms with Crippen LogP contribution >= 0.6 is 0 Å². The van der Waals surface area contributed by atoms with E-state index in [1.807, 2.05) is 0 Å². The van der Waals surface area contributed by atoms with E-state index in [0.29, 0.717) is 11.6 Å². The molecule has 2 N–H and O–H groups in total. The first kappa shape index (κ1) is 12.8. The largest absolute Gasteiger partial charge is 0.504 e. The van der Waals surface area contributed by atoms with Gasteiger partial charge in [0.15, 0.2) is 17.3 Å². The molecule has 1 aliphatic rings. The smallest absolute Gasteiger partial charge is 0.343 e. The van der Waals surface area contributed by atoms with Crippen molar-refractivity contribution in [3.05, 3.63) is 28.7 Å². The molecule has 0 spiro atoms. The van der Waals surface area contributed by atoms with Crippen LogP contribution in [0.2, 0.25) is 0 Å². The minimum atomic E-state index is -0.182. The van der Waals surface area contributed by atoms with Crippen LogP contribution in [0.15, 0.2) is 23.0 Å². The lowest BCUT2D eigenvalue weighted by Crippen LogP contribution is -2.21. The van der Waals surface area contributed by atoms with Crippen molar-refractivity contribution in [1.29, 1.82) is 0 Å². The number of aromatic amines is 1. The van der Waals surface area contributed by atoms with Gasteiger partial charge in [-0.3, -0.25) is 4.57 Å². The van der Waals surface area contributed by atoms with Crippen LogP contribution < -0.4 is 10.4 Å². The van der Waals surface area contributed by atoms with Crippen LogP contribution in [0, 0.1) is 0 Å². The summed E-state index contributed by atoms with van der Waals surface area (Å²) in [4.78, 5) is 12.0. The molecule has 0 aliphatic heterocycles. The fraction of sp³-hybridized carbons (Fsp3) is 0.429. The molecule has 0 unspecified atom stereocenters. The van der Waals surface area contributed by atoms with Gasteiger partial charge in [-0.25, -0.2) is 9.89 Å². The van der Waals surface area contributed by atoms with Gasteiger partial charge in [0.1, 0.15) is 0 Å². The number of benzene rings is 1. The number of aromatic hydroxyl groups is 1. The summed E-state index contributed by atoms with van der Waals surface area (Å²) < 4.78 is 6.82. The summed E-state index contributed by atoms with van der Waals surface area (Å²) in [5.41, 5.74) is 0.573. The number of hydrogen-bond donors (Lipinski definition) is 2. The van der Waals surface area contributed by atoms with Crippen LogP contribution in [0.4, 0.5) is 0 Å². The number of aromatic nitrogens is 3. The average molecular weight is 275 g/mol. The number of phenols is 1. The summed E-state index contributed by atoms with van der Waals surface area (Å²) in [6.07, 6.45) is 4.28. The molecule has 6 nitrogen and oxygen atoms in total. The van der Waals surface area contributed by atoms with Gasteiger partial charge in [0, 0.05) is 11.6 Å². The molecule has 1 fully saturated rings. The Morgan fingerprint density at radius 2 is 2.15 bits per heavy atom. The van der Waals surface area contributed by atoms with Gasteiger partial charge in [-0.1, -0.05) is 12.8 Å². The van der Waals surface area contributed by atoms with E-state index in [1.54, 1.807) is 22.8 Å². The van der Waals surface area contributed by atoms with Gasteiger partial charge < -0.3 is 9.84 Å². The predicted molar refractivity (Wildman–Crippen MR) is 74.0 cm³/mol. The first-order chi connectivity index (χ1) is 9.70. The summed E-state index contributed by atoms with van der Waals surface area (Å²) in [6.45, 7) is 0. The second-order valence-corrected chi connectivity index (χ2v) is 5.05. The zero-order valence-electron chi connectivity index (χ0n) is 11.3. The minimum absolute atomic E-state index is 0.0709. The van der Waals surface area contributed by atoms with Crippen molar-refractivity contribution in [2.75, 3.05) is 7.11 Å². The predicted octanol–water partition coefficient (Wildman–Crippen LogP) is 2.07. The van der Waals surface area contributed by atoms with Crippen LogP contribution in [-0.2, 0) is 0 Å². The van der Waals surface area contributed by atoms with Crippen LogP contribution in [0.3, 0.4) is 0 Å². The van der Waals surface area contributed by atoms with Crippen molar-refractivity contribution in [1.82, 2.24) is 14.8 Å². The van der Waals surface area contributed by atoms with Crippen LogP contribution in [0.25, 0.3) is 11.4 Å². The highest BCUT2D eigenvalue weighted by Crippen LogP contribution is 2.34. The molecular weight excluding hydrogens is 258 g/mol. The summed E-state index contributed by atoms with van der Waals surface area (Å²) in [6, 6.07) is 5.18. The number of phenolic OH excluding ortho intramolecular Hbond substituents is 1. The molecular formula is C14H17N3O3. The molecule has 0 atom stereocenters. The Morgan fingerprint density at radius 3 is 2.85 bits per heavy atom. The van der Waals surface area contributed by atoms with Gasteiger partial charge in [0.25, 0.3) is 0 Å². The summed E-state index contributed by atoms with van der Waals surface area (Å²) in [7, 11) is 1.49. The second-order valence-electron chi connectivity index (χ2n) is 5.05. The molecule has 6 heteroatoms. The molecule has 1 saturated carbocycles. The number of nitrogens with zero attached hydrogens (tertiary/aromatic N) is 2. The molecule has 106 valence electrons. The van der Waals surface area contributed by atoms with Gasteiger partial charge >= 0.3 is 5.69 Å². The third kappa shape index (κ3) is 2.07. The molecule has 0 bridgehead atoms. The SMILES string of the molecule is COc1cc(-c2n[nH]c(=O)n2C2CCCC2)ccc1O.